The number of nitriles is 1. The van der Waals surface area contributed by atoms with Crippen LogP contribution in [-0.2, 0) is 6.18 Å². The van der Waals surface area contributed by atoms with Crippen LogP contribution in [0.1, 0.15) is 27.0 Å². The number of rotatable bonds is 2. The second kappa shape index (κ2) is 4.88. The number of carbonyl (C=O) groups is 1. The molecule has 0 unspecified atom stereocenters. The number of Topliss-reactive ketones (excluding diaryl/α,β-unsaturated/α-hetero) is 1. The summed E-state index contributed by atoms with van der Waals surface area (Å²) in [5.41, 5.74) is -1.92. The molecule has 90 valence electrons. The van der Waals surface area contributed by atoms with Crippen molar-refractivity contribution in [3.63, 3.8) is 0 Å². The molecule has 0 aliphatic heterocycles. The van der Waals surface area contributed by atoms with E-state index >= 15 is 0 Å². The molecule has 0 saturated carbocycles. The third kappa shape index (κ3) is 2.67. The predicted molar refractivity (Wildman–Crippen MR) is 59.0 cm³/mol. The Balaban J connectivity index is 3.61. The number of nitrogens with zero attached hydrogens (tertiary/aromatic N) is 1. The highest BCUT2D eigenvalue weighted by Crippen LogP contribution is 2.35. The van der Waals surface area contributed by atoms with Gasteiger partial charge in [0.15, 0.2) is 5.78 Å². The average molecular weight is 306 g/mol. The van der Waals surface area contributed by atoms with Crippen LogP contribution in [0, 0.1) is 18.3 Å². The molecule has 0 amide bonds. The molecule has 0 N–H and O–H groups in total. The summed E-state index contributed by atoms with van der Waals surface area (Å²) in [6.45, 7) is 1.26. The minimum Gasteiger partial charge on any atom is -0.293 e. The Hall–Kier alpha value is -1.35. The molecule has 1 aromatic carbocycles. The molecule has 0 saturated heterocycles. The smallest absolute Gasteiger partial charge is 0.293 e. The monoisotopic (exact) mass is 305 g/mol. The normalized spacial score (nSPS) is 11.1. The Kier molecular flexibility index (Phi) is 3.94. The van der Waals surface area contributed by atoms with Crippen molar-refractivity contribution in [2.24, 2.45) is 0 Å². The highest BCUT2D eigenvalue weighted by Gasteiger charge is 2.37. The zero-order valence-electron chi connectivity index (χ0n) is 8.73. The van der Waals surface area contributed by atoms with Gasteiger partial charge in [-0.1, -0.05) is 22.0 Å². The number of halogens is 4. The fourth-order valence-electron chi connectivity index (χ4n) is 1.49. The van der Waals surface area contributed by atoms with Crippen molar-refractivity contribution in [1.29, 1.82) is 5.26 Å². The van der Waals surface area contributed by atoms with Gasteiger partial charge in [0.2, 0.25) is 0 Å². The molecule has 0 bridgehead atoms. The number of carbonyl (C=O) groups excluding carboxylic acids is 1. The van der Waals surface area contributed by atoms with E-state index in [9.17, 15) is 18.0 Å². The first-order valence-corrected chi connectivity index (χ1v) is 5.65. The molecular weight excluding hydrogens is 299 g/mol. The van der Waals surface area contributed by atoms with Gasteiger partial charge in [-0.25, -0.2) is 0 Å². The number of benzene rings is 1. The molecular formula is C11H7BrF3NO. The van der Waals surface area contributed by atoms with Crippen molar-refractivity contribution in [3.05, 3.63) is 34.4 Å². The van der Waals surface area contributed by atoms with Gasteiger partial charge >= 0.3 is 6.18 Å². The largest absolute Gasteiger partial charge is 0.417 e. The van der Waals surface area contributed by atoms with Crippen molar-refractivity contribution in [2.45, 2.75) is 13.1 Å². The standard InChI is InChI=1S/C11H7BrF3NO/c1-6-2-3-7(9(17)4-12)8(5-16)10(6)11(13,14)15/h2-3H,4H2,1H3. The van der Waals surface area contributed by atoms with Gasteiger partial charge in [-0.15, -0.1) is 0 Å². The van der Waals surface area contributed by atoms with E-state index in [1.807, 2.05) is 0 Å². The van der Waals surface area contributed by atoms with Gasteiger partial charge in [0, 0.05) is 5.56 Å². The molecule has 1 aromatic rings. The summed E-state index contributed by atoms with van der Waals surface area (Å²) in [6.07, 6.45) is -4.64. The van der Waals surface area contributed by atoms with Crippen LogP contribution in [0.15, 0.2) is 12.1 Å². The topological polar surface area (TPSA) is 40.9 Å². The number of alkyl halides is 4. The molecule has 0 spiro atoms. The van der Waals surface area contributed by atoms with Crippen LogP contribution < -0.4 is 0 Å². The van der Waals surface area contributed by atoms with Crippen molar-refractivity contribution in [2.75, 3.05) is 5.33 Å². The van der Waals surface area contributed by atoms with Crippen molar-refractivity contribution in [3.8, 4) is 6.07 Å². The van der Waals surface area contributed by atoms with E-state index in [1.54, 1.807) is 0 Å². The molecule has 1 rings (SSSR count). The van der Waals surface area contributed by atoms with Crippen LogP contribution in [0.4, 0.5) is 13.2 Å². The first-order valence-electron chi connectivity index (χ1n) is 4.53. The van der Waals surface area contributed by atoms with Crippen molar-refractivity contribution < 1.29 is 18.0 Å². The van der Waals surface area contributed by atoms with Gasteiger partial charge in [-0.3, -0.25) is 4.79 Å². The summed E-state index contributed by atoms with van der Waals surface area (Å²) in [7, 11) is 0. The van der Waals surface area contributed by atoms with E-state index in [0.717, 1.165) is 0 Å². The molecule has 17 heavy (non-hydrogen) atoms. The van der Waals surface area contributed by atoms with Gasteiger partial charge in [-0.05, 0) is 18.6 Å². The lowest BCUT2D eigenvalue weighted by molar-refractivity contribution is -0.138. The van der Waals surface area contributed by atoms with Gasteiger partial charge in [0.1, 0.15) is 6.07 Å². The molecule has 6 heteroatoms. The van der Waals surface area contributed by atoms with E-state index in [1.165, 1.54) is 25.1 Å². The molecule has 0 atom stereocenters. The minimum atomic E-state index is -4.64. The molecule has 2 nitrogen and oxygen atoms in total. The predicted octanol–water partition coefficient (Wildman–Crippen LogP) is 3.46. The molecule has 0 radical (unpaired) electrons. The Labute approximate surface area is 104 Å². The lowest BCUT2D eigenvalue weighted by atomic mass is 9.95. The Morgan fingerprint density at radius 2 is 2.06 bits per heavy atom. The molecule has 0 fully saturated rings. The first kappa shape index (κ1) is 13.7. The average Bonchev–Trinajstić information content (AvgIpc) is 2.25. The maximum absolute atomic E-state index is 12.8. The number of hydrogen-bond donors (Lipinski definition) is 0. The van der Waals surface area contributed by atoms with Gasteiger partial charge in [-0.2, -0.15) is 18.4 Å². The van der Waals surface area contributed by atoms with Crippen molar-refractivity contribution >= 4 is 21.7 Å². The van der Waals surface area contributed by atoms with E-state index < -0.39 is 23.1 Å². The van der Waals surface area contributed by atoms with Gasteiger partial charge < -0.3 is 0 Å². The summed E-state index contributed by atoms with van der Waals surface area (Å²) >= 11 is 2.87. The third-order valence-electron chi connectivity index (χ3n) is 2.23. The number of aryl methyl sites for hydroxylation is 1. The Morgan fingerprint density at radius 3 is 2.47 bits per heavy atom. The van der Waals surface area contributed by atoms with Crippen LogP contribution in [-0.4, -0.2) is 11.1 Å². The van der Waals surface area contributed by atoms with Crippen LogP contribution in [0.2, 0.25) is 0 Å². The molecule has 0 heterocycles. The van der Waals surface area contributed by atoms with Crippen molar-refractivity contribution in [1.82, 2.24) is 0 Å². The summed E-state index contributed by atoms with van der Waals surface area (Å²) in [5.74, 6) is -0.549. The molecule has 0 aliphatic carbocycles. The quantitative estimate of drug-likeness (QED) is 0.620. The summed E-state index contributed by atoms with van der Waals surface area (Å²) in [6, 6.07) is 3.90. The second-order valence-corrected chi connectivity index (χ2v) is 3.91. The van der Waals surface area contributed by atoms with E-state index in [0.29, 0.717) is 0 Å². The SMILES string of the molecule is Cc1ccc(C(=O)CBr)c(C#N)c1C(F)(F)F. The summed E-state index contributed by atoms with van der Waals surface area (Å²) < 4.78 is 38.3. The highest BCUT2D eigenvalue weighted by molar-refractivity contribution is 9.09. The summed E-state index contributed by atoms with van der Waals surface area (Å²) in [5, 5.41) is 8.69. The number of hydrogen-bond acceptors (Lipinski definition) is 2. The van der Waals surface area contributed by atoms with E-state index in [-0.39, 0.29) is 16.5 Å². The van der Waals surface area contributed by atoms with E-state index in [4.69, 9.17) is 5.26 Å². The third-order valence-corrected chi connectivity index (χ3v) is 2.74. The molecule has 0 aromatic heterocycles. The van der Waals surface area contributed by atoms with Crippen LogP contribution >= 0.6 is 15.9 Å². The lowest BCUT2D eigenvalue weighted by Gasteiger charge is -2.14. The van der Waals surface area contributed by atoms with Crippen LogP contribution in [0.5, 0.6) is 0 Å². The molecule has 0 aliphatic rings. The lowest BCUT2D eigenvalue weighted by Crippen LogP contribution is -2.14. The summed E-state index contributed by atoms with van der Waals surface area (Å²) in [4.78, 5) is 11.4. The van der Waals surface area contributed by atoms with Gasteiger partial charge in [0.05, 0.1) is 16.5 Å². The van der Waals surface area contributed by atoms with Crippen LogP contribution in [0.25, 0.3) is 0 Å². The zero-order chi connectivity index (χ0) is 13.2. The second-order valence-electron chi connectivity index (χ2n) is 3.35. The zero-order valence-corrected chi connectivity index (χ0v) is 10.3. The highest BCUT2D eigenvalue weighted by atomic mass is 79.9. The first-order chi connectivity index (χ1) is 7.82. The maximum Gasteiger partial charge on any atom is 0.417 e. The Bertz CT molecular complexity index is 503. The Morgan fingerprint density at radius 1 is 1.47 bits per heavy atom. The maximum atomic E-state index is 12.8. The number of ketones is 1. The van der Waals surface area contributed by atoms with Gasteiger partial charge in [0.25, 0.3) is 0 Å². The minimum absolute atomic E-state index is 0.0693. The van der Waals surface area contributed by atoms with Crippen LogP contribution in [0.3, 0.4) is 0 Å². The fourth-order valence-corrected chi connectivity index (χ4v) is 1.79. The fraction of sp³-hybridized carbons (Fsp3) is 0.273. The van der Waals surface area contributed by atoms with E-state index in [2.05, 4.69) is 15.9 Å².